The second-order valence-electron chi connectivity index (χ2n) is 3.76. The van der Waals surface area contributed by atoms with Crippen LogP contribution in [-0.4, -0.2) is 15.7 Å². The number of carbonyl (C=O) groups excluding carboxylic acids is 1. The van der Waals surface area contributed by atoms with Gasteiger partial charge >= 0.3 is 0 Å². The molecule has 0 radical (unpaired) electrons. The van der Waals surface area contributed by atoms with Gasteiger partial charge < -0.3 is 5.32 Å². The molecule has 1 amide bonds. The number of aromatic nitrogens is 2. The summed E-state index contributed by atoms with van der Waals surface area (Å²) in [6, 6.07) is 5.94. The fourth-order valence-electron chi connectivity index (χ4n) is 1.47. The van der Waals surface area contributed by atoms with E-state index in [1.807, 2.05) is 0 Å². The van der Waals surface area contributed by atoms with Crippen molar-refractivity contribution >= 4 is 11.7 Å². The van der Waals surface area contributed by atoms with Crippen molar-refractivity contribution in [2.45, 2.75) is 6.92 Å². The molecule has 0 bridgehead atoms. The summed E-state index contributed by atoms with van der Waals surface area (Å²) in [6.07, 6.45) is 1.59. The molecule has 0 aliphatic carbocycles. The molecule has 0 unspecified atom stereocenters. The van der Waals surface area contributed by atoms with Crippen molar-refractivity contribution in [1.82, 2.24) is 9.78 Å². The molecular weight excluding hydrogens is 221 g/mol. The molecule has 0 aliphatic heterocycles. The lowest BCUT2D eigenvalue weighted by molar-refractivity contribution is 0.102. The number of halogens is 1. The quantitative estimate of drug-likeness (QED) is 0.863. The first-order valence-corrected chi connectivity index (χ1v) is 5.13. The topological polar surface area (TPSA) is 46.9 Å². The second-order valence-corrected chi connectivity index (χ2v) is 3.76. The van der Waals surface area contributed by atoms with Crippen molar-refractivity contribution in [3.05, 3.63) is 47.4 Å². The van der Waals surface area contributed by atoms with E-state index >= 15 is 0 Å². The average molecular weight is 233 g/mol. The van der Waals surface area contributed by atoms with Gasteiger partial charge in [-0.25, -0.2) is 4.39 Å². The van der Waals surface area contributed by atoms with Crippen LogP contribution in [0.15, 0.2) is 30.5 Å². The predicted molar refractivity (Wildman–Crippen MR) is 62.3 cm³/mol. The summed E-state index contributed by atoms with van der Waals surface area (Å²) in [5.41, 5.74) is 0.868. The Morgan fingerprint density at radius 2 is 2.18 bits per heavy atom. The second kappa shape index (κ2) is 4.37. The number of hydrogen-bond donors (Lipinski definition) is 1. The molecule has 0 saturated heterocycles. The van der Waals surface area contributed by atoms with Gasteiger partial charge in [0.15, 0.2) is 0 Å². The van der Waals surface area contributed by atoms with E-state index in [1.165, 1.54) is 18.2 Å². The van der Waals surface area contributed by atoms with Crippen LogP contribution in [-0.2, 0) is 7.05 Å². The molecule has 1 aromatic carbocycles. The normalized spacial score (nSPS) is 10.3. The summed E-state index contributed by atoms with van der Waals surface area (Å²) < 4.78 is 14.6. The van der Waals surface area contributed by atoms with Crippen LogP contribution in [0.25, 0.3) is 0 Å². The summed E-state index contributed by atoms with van der Waals surface area (Å²) in [6.45, 7) is 1.62. The van der Waals surface area contributed by atoms with Gasteiger partial charge in [0.25, 0.3) is 5.91 Å². The molecule has 1 N–H and O–H groups in total. The number of anilines is 1. The van der Waals surface area contributed by atoms with Gasteiger partial charge in [-0.2, -0.15) is 5.10 Å². The molecule has 5 heteroatoms. The predicted octanol–water partition coefficient (Wildman–Crippen LogP) is 2.12. The Kier molecular flexibility index (Phi) is 2.91. The van der Waals surface area contributed by atoms with Gasteiger partial charge in [-0.05, 0) is 30.7 Å². The molecule has 0 fully saturated rings. The maximum Gasteiger partial charge on any atom is 0.256 e. The highest BCUT2D eigenvalue weighted by molar-refractivity contribution is 6.03. The minimum Gasteiger partial charge on any atom is -0.307 e. The number of nitrogens with one attached hydrogen (secondary N) is 1. The number of nitrogens with zero attached hydrogens (tertiary/aromatic N) is 2. The number of aryl methyl sites for hydroxylation is 2. The van der Waals surface area contributed by atoms with Crippen LogP contribution in [0.5, 0.6) is 0 Å². The van der Waals surface area contributed by atoms with Crippen molar-refractivity contribution in [1.29, 1.82) is 0 Å². The summed E-state index contributed by atoms with van der Waals surface area (Å²) in [7, 11) is 1.73. The van der Waals surface area contributed by atoms with Gasteiger partial charge in [0.1, 0.15) is 11.6 Å². The molecule has 1 aromatic heterocycles. The maximum absolute atomic E-state index is 13.1. The third kappa shape index (κ3) is 2.33. The van der Waals surface area contributed by atoms with Crippen molar-refractivity contribution in [3.8, 4) is 0 Å². The molecule has 1 heterocycles. The van der Waals surface area contributed by atoms with E-state index in [2.05, 4.69) is 10.4 Å². The molecular formula is C12H12FN3O. The van der Waals surface area contributed by atoms with Gasteiger partial charge in [-0.1, -0.05) is 0 Å². The number of amides is 1. The third-order valence-electron chi connectivity index (χ3n) is 2.48. The number of benzene rings is 1. The van der Waals surface area contributed by atoms with E-state index in [9.17, 15) is 9.18 Å². The summed E-state index contributed by atoms with van der Waals surface area (Å²) in [5, 5.41) is 6.63. The van der Waals surface area contributed by atoms with Gasteiger partial charge in [0, 0.05) is 18.7 Å². The first kappa shape index (κ1) is 11.3. The van der Waals surface area contributed by atoms with Gasteiger partial charge in [-0.15, -0.1) is 0 Å². The Hall–Kier alpha value is -2.17. The van der Waals surface area contributed by atoms with Crippen molar-refractivity contribution < 1.29 is 9.18 Å². The van der Waals surface area contributed by atoms with Crippen molar-refractivity contribution in [2.75, 3.05) is 5.32 Å². The van der Waals surface area contributed by atoms with E-state index < -0.39 is 0 Å². The molecule has 0 saturated carbocycles. The molecule has 2 rings (SSSR count). The van der Waals surface area contributed by atoms with Gasteiger partial charge in [-0.3, -0.25) is 9.48 Å². The Labute approximate surface area is 98.1 Å². The van der Waals surface area contributed by atoms with Crippen molar-refractivity contribution in [2.24, 2.45) is 7.05 Å². The minimum absolute atomic E-state index is 0.281. The fourth-order valence-corrected chi connectivity index (χ4v) is 1.47. The smallest absolute Gasteiger partial charge is 0.256 e. The first-order valence-electron chi connectivity index (χ1n) is 5.13. The Morgan fingerprint density at radius 3 is 2.76 bits per heavy atom. The zero-order chi connectivity index (χ0) is 12.4. The van der Waals surface area contributed by atoms with Crippen LogP contribution in [0, 0.1) is 12.7 Å². The molecule has 4 nitrogen and oxygen atoms in total. The zero-order valence-electron chi connectivity index (χ0n) is 9.57. The molecule has 2 aromatic rings. The van der Waals surface area contributed by atoms with Crippen LogP contribution in [0.1, 0.15) is 15.9 Å². The first-order chi connectivity index (χ1) is 8.08. The fraction of sp³-hybridized carbons (Fsp3) is 0.167. The Morgan fingerprint density at radius 1 is 1.41 bits per heavy atom. The molecule has 0 atom stereocenters. The van der Waals surface area contributed by atoms with E-state index in [-0.39, 0.29) is 11.7 Å². The number of rotatable bonds is 2. The average Bonchev–Trinajstić information content (AvgIpc) is 2.68. The standard InChI is InChI=1S/C12H12FN3O/c1-8-7-9(3-4-10(8)13)12(17)15-11-5-6-14-16(11)2/h3-7H,1-2H3,(H,15,17). The van der Waals surface area contributed by atoms with Gasteiger partial charge in [0.05, 0.1) is 6.20 Å². The largest absolute Gasteiger partial charge is 0.307 e. The van der Waals surface area contributed by atoms with Crippen LogP contribution >= 0.6 is 0 Å². The van der Waals surface area contributed by atoms with Crippen LogP contribution < -0.4 is 5.32 Å². The molecule has 88 valence electrons. The van der Waals surface area contributed by atoms with Crippen molar-refractivity contribution in [3.63, 3.8) is 0 Å². The number of carbonyl (C=O) groups is 1. The Bertz CT molecular complexity index is 563. The zero-order valence-corrected chi connectivity index (χ0v) is 9.57. The molecule has 17 heavy (non-hydrogen) atoms. The highest BCUT2D eigenvalue weighted by Crippen LogP contribution is 2.11. The van der Waals surface area contributed by atoms with Gasteiger partial charge in [0.2, 0.25) is 0 Å². The molecule has 0 aliphatic rings. The lowest BCUT2D eigenvalue weighted by atomic mass is 10.1. The van der Waals surface area contributed by atoms with E-state index in [4.69, 9.17) is 0 Å². The van der Waals surface area contributed by atoms with E-state index in [0.29, 0.717) is 16.9 Å². The monoisotopic (exact) mass is 233 g/mol. The summed E-state index contributed by atoms with van der Waals surface area (Å²) in [5.74, 6) is -0.00392. The lowest BCUT2D eigenvalue weighted by Gasteiger charge is -2.06. The lowest BCUT2D eigenvalue weighted by Crippen LogP contribution is -2.14. The SMILES string of the molecule is Cc1cc(C(=O)Nc2ccnn2C)ccc1F. The van der Waals surface area contributed by atoms with E-state index in [0.717, 1.165) is 0 Å². The summed E-state index contributed by atoms with van der Waals surface area (Å²) >= 11 is 0. The molecule has 0 spiro atoms. The van der Waals surface area contributed by atoms with Crippen LogP contribution in [0.2, 0.25) is 0 Å². The minimum atomic E-state index is -0.318. The maximum atomic E-state index is 13.1. The Balaban J connectivity index is 2.20. The number of hydrogen-bond acceptors (Lipinski definition) is 2. The highest BCUT2D eigenvalue weighted by atomic mass is 19.1. The van der Waals surface area contributed by atoms with E-state index in [1.54, 1.807) is 30.9 Å². The van der Waals surface area contributed by atoms with Crippen LogP contribution in [0.3, 0.4) is 0 Å². The summed E-state index contributed by atoms with van der Waals surface area (Å²) in [4.78, 5) is 11.9. The highest BCUT2D eigenvalue weighted by Gasteiger charge is 2.09. The van der Waals surface area contributed by atoms with Crippen LogP contribution in [0.4, 0.5) is 10.2 Å². The third-order valence-corrected chi connectivity index (χ3v) is 2.48.